The van der Waals surface area contributed by atoms with E-state index in [0.29, 0.717) is 31.3 Å². The molecule has 1 aromatic carbocycles. The molecule has 0 spiro atoms. The highest BCUT2D eigenvalue weighted by molar-refractivity contribution is 6.36. The Bertz CT molecular complexity index is 771. The quantitative estimate of drug-likeness (QED) is 0.761. The summed E-state index contributed by atoms with van der Waals surface area (Å²) in [6, 6.07) is 6.60. The molecule has 5 aliphatic heterocycles. The lowest BCUT2D eigenvalue weighted by atomic mass is 9.75. The van der Waals surface area contributed by atoms with Crippen molar-refractivity contribution in [2.45, 2.75) is 50.6 Å². The van der Waals surface area contributed by atoms with Crippen LogP contribution < -0.4 is 9.47 Å². The summed E-state index contributed by atoms with van der Waals surface area (Å²) >= 11 is 0. The highest BCUT2D eigenvalue weighted by Gasteiger charge is 2.55. The summed E-state index contributed by atoms with van der Waals surface area (Å²) < 4.78 is 11.0. The molecule has 6 rings (SSSR count). The second-order valence-corrected chi connectivity index (χ2v) is 8.20. The van der Waals surface area contributed by atoms with Crippen LogP contribution in [0.3, 0.4) is 0 Å². The average Bonchev–Trinajstić information content (AvgIpc) is 3.33. The Morgan fingerprint density at radius 3 is 2.67 bits per heavy atom. The Morgan fingerprint density at radius 1 is 1.11 bits per heavy atom. The molecule has 27 heavy (non-hydrogen) atoms. The van der Waals surface area contributed by atoms with E-state index in [2.05, 4.69) is 17.0 Å². The number of likely N-dealkylation sites (tertiary alicyclic amines) is 1. The predicted molar refractivity (Wildman–Crippen MR) is 98.8 cm³/mol. The zero-order chi connectivity index (χ0) is 18.5. The molecule has 144 valence electrons. The van der Waals surface area contributed by atoms with Gasteiger partial charge < -0.3 is 14.4 Å². The van der Waals surface area contributed by atoms with Crippen molar-refractivity contribution in [1.29, 1.82) is 0 Å². The maximum absolute atomic E-state index is 12.9. The van der Waals surface area contributed by atoms with E-state index in [1.807, 2.05) is 17.9 Å². The maximum Gasteiger partial charge on any atom is 0.290 e. The fourth-order valence-corrected chi connectivity index (χ4v) is 5.59. The van der Waals surface area contributed by atoms with E-state index in [4.69, 9.17) is 9.47 Å². The monoisotopic (exact) mass is 370 g/mol. The summed E-state index contributed by atoms with van der Waals surface area (Å²) in [5.41, 5.74) is 1.18. The number of nitrogens with zero attached hydrogens (tertiary/aromatic N) is 2. The van der Waals surface area contributed by atoms with Crippen LogP contribution in [0.5, 0.6) is 11.5 Å². The van der Waals surface area contributed by atoms with Gasteiger partial charge in [0, 0.05) is 24.9 Å². The maximum atomic E-state index is 12.9. The van der Waals surface area contributed by atoms with Crippen LogP contribution in [0.15, 0.2) is 18.2 Å². The number of carbonyl (C=O) groups excluding carboxylic acids is 2. The van der Waals surface area contributed by atoms with Gasteiger partial charge >= 0.3 is 0 Å². The first-order valence-corrected chi connectivity index (χ1v) is 10.1. The van der Waals surface area contributed by atoms with E-state index < -0.39 is 0 Å². The molecule has 6 nitrogen and oxygen atoms in total. The topological polar surface area (TPSA) is 59.1 Å². The predicted octanol–water partition coefficient (Wildman–Crippen LogP) is 2.17. The molecule has 4 fully saturated rings. The Labute approximate surface area is 159 Å². The Morgan fingerprint density at radius 2 is 1.89 bits per heavy atom. The number of Topliss-reactive ketones (excluding diaryl/α,β-unsaturated/α-hetero) is 1. The van der Waals surface area contributed by atoms with Crippen molar-refractivity contribution >= 4 is 11.7 Å². The van der Waals surface area contributed by atoms with Crippen LogP contribution in [-0.2, 0) is 9.59 Å². The normalized spacial score (nSPS) is 33.2. The molecule has 0 saturated carbocycles. The van der Waals surface area contributed by atoms with Gasteiger partial charge in [0.05, 0.1) is 6.04 Å². The zero-order valence-electron chi connectivity index (χ0n) is 15.7. The molecular weight excluding hydrogens is 344 g/mol. The van der Waals surface area contributed by atoms with Gasteiger partial charge in [0.2, 0.25) is 12.6 Å². The molecular formula is C21H26N2O4. The molecule has 1 amide bonds. The van der Waals surface area contributed by atoms with E-state index in [0.717, 1.165) is 37.4 Å². The molecule has 6 heteroatoms. The number of fused-ring (bicyclic) bond motifs is 3. The SMILES string of the molecule is CCCC(=O)C(=O)N1C[C@H](c2ccc3c(c2)OCO3)[C@H]2[C@@H]1C1CCN2CC1. The van der Waals surface area contributed by atoms with Gasteiger partial charge in [-0.15, -0.1) is 0 Å². The summed E-state index contributed by atoms with van der Waals surface area (Å²) in [5, 5.41) is 0. The number of hydrogen-bond acceptors (Lipinski definition) is 5. The van der Waals surface area contributed by atoms with Gasteiger partial charge in [-0.1, -0.05) is 13.0 Å². The van der Waals surface area contributed by atoms with Crippen LogP contribution in [0.25, 0.3) is 0 Å². The van der Waals surface area contributed by atoms with Crippen LogP contribution >= 0.6 is 0 Å². The number of ketones is 1. The van der Waals surface area contributed by atoms with Crippen LogP contribution in [0.2, 0.25) is 0 Å². The molecule has 0 aliphatic carbocycles. The van der Waals surface area contributed by atoms with Crippen molar-refractivity contribution in [3.8, 4) is 11.5 Å². The molecule has 0 unspecified atom stereocenters. The minimum absolute atomic E-state index is 0.163. The summed E-state index contributed by atoms with van der Waals surface area (Å²) in [6.45, 7) is 5.02. The first-order chi connectivity index (χ1) is 13.2. The summed E-state index contributed by atoms with van der Waals surface area (Å²) in [6.07, 6.45) is 3.31. The van der Waals surface area contributed by atoms with Crippen molar-refractivity contribution in [2.75, 3.05) is 26.4 Å². The van der Waals surface area contributed by atoms with Crippen LogP contribution in [0.1, 0.15) is 44.1 Å². The molecule has 4 saturated heterocycles. The minimum Gasteiger partial charge on any atom is -0.454 e. The Kier molecular flexibility index (Phi) is 4.11. The van der Waals surface area contributed by atoms with Crippen molar-refractivity contribution in [2.24, 2.45) is 5.92 Å². The van der Waals surface area contributed by atoms with Crippen molar-refractivity contribution in [3.05, 3.63) is 23.8 Å². The van der Waals surface area contributed by atoms with Crippen LogP contribution in [0, 0.1) is 5.92 Å². The second-order valence-electron chi connectivity index (χ2n) is 8.20. The molecule has 0 N–H and O–H groups in total. The molecule has 5 aliphatic rings. The number of amides is 1. The van der Waals surface area contributed by atoms with E-state index in [-0.39, 0.29) is 30.4 Å². The Hall–Kier alpha value is -2.08. The zero-order valence-corrected chi connectivity index (χ0v) is 15.7. The number of benzene rings is 1. The van der Waals surface area contributed by atoms with Crippen LogP contribution in [0.4, 0.5) is 0 Å². The van der Waals surface area contributed by atoms with Crippen LogP contribution in [-0.4, -0.2) is 60.0 Å². The summed E-state index contributed by atoms with van der Waals surface area (Å²) in [7, 11) is 0. The smallest absolute Gasteiger partial charge is 0.290 e. The van der Waals surface area contributed by atoms with E-state index in [1.165, 1.54) is 5.56 Å². The lowest BCUT2D eigenvalue weighted by molar-refractivity contribution is -0.147. The lowest BCUT2D eigenvalue weighted by Crippen LogP contribution is -2.61. The highest BCUT2D eigenvalue weighted by atomic mass is 16.7. The third-order valence-corrected chi connectivity index (χ3v) is 6.80. The number of piperidine rings is 3. The highest BCUT2D eigenvalue weighted by Crippen LogP contribution is 2.48. The van der Waals surface area contributed by atoms with Gasteiger partial charge in [0.1, 0.15) is 0 Å². The van der Waals surface area contributed by atoms with Gasteiger partial charge in [0.25, 0.3) is 5.91 Å². The molecule has 2 bridgehead atoms. The fourth-order valence-electron chi connectivity index (χ4n) is 5.59. The largest absolute Gasteiger partial charge is 0.454 e. The number of hydrogen-bond donors (Lipinski definition) is 0. The van der Waals surface area contributed by atoms with Crippen molar-refractivity contribution in [3.63, 3.8) is 0 Å². The molecule has 0 aromatic heterocycles. The number of rotatable bonds is 4. The van der Waals surface area contributed by atoms with E-state index >= 15 is 0 Å². The molecule has 3 atom stereocenters. The van der Waals surface area contributed by atoms with Gasteiger partial charge in [-0.3, -0.25) is 14.5 Å². The Balaban J connectivity index is 1.49. The standard InChI is InChI=1S/C21H26N2O4/c1-2-3-16(24)21(25)23-11-15(14-4-5-17-18(10-14)27-12-26-17)20-19(23)13-6-8-22(20)9-7-13/h4-5,10,13,15,19-20H,2-3,6-9,11-12H2,1H3/t15-,19+,20+/m1/s1. The van der Waals surface area contributed by atoms with E-state index in [9.17, 15) is 9.59 Å². The average molecular weight is 370 g/mol. The first kappa shape index (κ1) is 17.0. The fraction of sp³-hybridized carbons (Fsp3) is 0.619. The summed E-state index contributed by atoms with van der Waals surface area (Å²) in [5.74, 6) is 1.78. The van der Waals surface area contributed by atoms with E-state index in [1.54, 1.807) is 0 Å². The van der Waals surface area contributed by atoms with Gasteiger partial charge in [-0.2, -0.15) is 0 Å². The lowest BCUT2D eigenvalue weighted by Gasteiger charge is -2.51. The molecule has 1 aromatic rings. The number of carbonyl (C=O) groups is 2. The molecule has 5 heterocycles. The van der Waals surface area contributed by atoms with Crippen molar-refractivity contribution < 1.29 is 19.1 Å². The number of ether oxygens (including phenoxy) is 2. The van der Waals surface area contributed by atoms with Crippen molar-refractivity contribution in [1.82, 2.24) is 9.80 Å². The third-order valence-electron chi connectivity index (χ3n) is 6.80. The second kappa shape index (κ2) is 6.51. The minimum atomic E-state index is -0.274. The molecule has 0 radical (unpaired) electrons. The van der Waals surface area contributed by atoms with Gasteiger partial charge in [-0.25, -0.2) is 0 Å². The third kappa shape index (κ3) is 2.64. The van der Waals surface area contributed by atoms with Gasteiger partial charge in [-0.05, 0) is 56.0 Å². The van der Waals surface area contributed by atoms with Gasteiger partial charge in [0.15, 0.2) is 11.5 Å². The first-order valence-electron chi connectivity index (χ1n) is 10.1. The summed E-state index contributed by atoms with van der Waals surface area (Å²) in [4.78, 5) is 29.8.